The number of rotatable bonds is 10. The first kappa shape index (κ1) is 29.2. The first-order valence-corrected chi connectivity index (χ1v) is 12.8. The fourth-order valence-electron chi connectivity index (χ4n) is 4.74. The van der Waals surface area contributed by atoms with Crippen LogP contribution in [-0.4, -0.2) is 55.3 Å². The Hall–Kier alpha value is -4.25. The van der Waals surface area contributed by atoms with Gasteiger partial charge >= 0.3 is 12.8 Å². The molecule has 0 bridgehead atoms. The van der Waals surface area contributed by atoms with E-state index in [0.717, 1.165) is 12.3 Å². The lowest BCUT2D eigenvalue weighted by Gasteiger charge is -2.22. The average molecular weight is 599 g/mol. The molecule has 3 N–H and O–H groups in total. The number of nitrogens with zero attached hydrogens (tertiary/aromatic N) is 5. The summed E-state index contributed by atoms with van der Waals surface area (Å²) in [7, 11) is 0. The maximum atomic E-state index is 15.1. The van der Waals surface area contributed by atoms with Gasteiger partial charge in [0.1, 0.15) is 17.2 Å². The largest absolute Gasteiger partial charge is 0.423 e. The Morgan fingerprint density at radius 2 is 2.00 bits per heavy atom. The number of fused-ring (bicyclic) bond motifs is 2. The zero-order valence-corrected chi connectivity index (χ0v) is 21.7. The van der Waals surface area contributed by atoms with Crippen LogP contribution in [0.2, 0.25) is 0 Å². The lowest BCUT2D eigenvalue weighted by molar-refractivity contribution is -0.138. The number of hydrogen-bond acceptors (Lipinski definition) is 8. The predicted octanol–water partition coefficient (Wildman–Crippen LogP) is 3.10. The molecule has 1 aromatic carbocycles. The van der Waals surface area contributed by atoms with E-state index in [1.165, 1.54) is 16.8 Å². The molecule has 0 saturated carbocycles. The fourth-order valence-corrected chi connectivity index (χ4v) is 4.74. The number of hydrogen-bond donors (Lipinski definition) is 3. The fraction of sp³-hybridized carbons (Fsp3) is 0.400. The Balaban J connectivity index is 1.33. The molecule has 0 fully saturated rings. The van der Waals surface area contributed by atoms with E-state index in [1.807, 2.05) is 0 Å². The number of benzene rings is 1. The molecule has 0 unspecified atom stereocenters. The minimum Gasteiger partial charge on any atom is -0.378 e. The molecule has 0 radical (unpaired) electrons. The van der Waals surface area contributed by atoms with Crippen molar-refractivity contribution < 1.29 is 31.1 Å². The van der Waals surface area contributed by atoms with Gasteiger partial charge in [-0.15, -0.1) is 0 Å². The molecular formula is C25H24F6N8O3. The van der Waals surface area contributed by atoms with E-state index in [2.05, 4.69) is 30.6 Å². The molecular weight excluding hydrogens is 574 g/mol. The highest BCUT2D eigenvalue weighted by Crippen LogP contribution is 2.32. The van der Waals surface area contributed by atoms with Crippen molar-refractivity contribution >= 4 is 16.5 Å². The number of alkyl halides is 5. The molecule has 11 nitrogen and oxygen atoms in total. The lowest BCUT2D eigenvalue weighted by Crippen LogP contribution is -2.32. The van der Waals surface area contributed by atoms with Gasteiger partial charge in [-0.05, 0) is 36.4 Å². The number of aromatic amines is 1. The molecule has 4 aromatic rings. The standard InChI is InChI=1S/C25H24F6N8O3/c26-17-9-15-13(8-16(17)21-35-19-11-32-4-7-39(19)37-21)3-6-38(23(15)41)5-1-2-14(12-42-24(27)28)34-18-10-33-36-22(40)20(18)25(29,30)31/h3,6,8-10,14,24,32H,1-2,4-5,7,11-12H2,(H2,34,36,40)/t14-/m1/s1. The molecule has 0 amide bonds. The number of ether oxygens (including phenoxy) is 1. The number of H-pyrrole nitrogens is 1. The van der Waals surface area contributed by atoms with Crippen LogP contribution in [0.4, 0.5) is 32.0 Å². The molecule has 1 aliphatic rings. The number of nitrogens with one attached hydrogen (secondary N) is 3. The summed E-state index contributed by atoms with van der Waals surface area (Å²) in [5, 5.41) is 15.5. The van der Waals surface area contributed by atoms with E-state index in [4.69, 9.17) is 0 Å². The van der Waals surface area contributed by atoms with Gasteiger partial charge in [0.15, 0.2) is 5.82 Å². The summed E-state index contributed by atoms with van der Waals surface area (Å²) in [4.78, 5) is 29.2. The van der Waals surface area contributed by atoms with Crippen molar-refractivity contribution in [1.82, 2.24) is 34.8 Å². The number of halogens is 6. The van der Waals surface area contributed by atoms with E-state index in [9.17, 15) is 31.5 Å². The van der Waals surface area contributed by atoms with Gasteiger partial charge in [0.05, 0.1) is 42.5 Å². The van der Waals surface area contributed by atoms with Gasteiger partial charge in [-0.3, -0.25) is 9.59 Å². The molecule has 0 aliphatic carbocycles. The van der Waals surface area contributed by atoms with Gasteiger partial charge in [0.2, 0.25) is 0 Å². The second-order valence-corrected chi connectivity index (χ2v) is 9.55. The van der Waals surface area contributed by atoms with E-state index in [1.54, 1.807) is 15.8 Å². The van der Waals surface area contributed by atoms with Crippen molar-refractivity contribution in [2.45, 2.75) is 51.3 Å². The van der Waals surface area contributed by atoms with Crippen molar-refractivity contribution in [2.75, 3.05) is 18.5 Å². The van der Waals surface area contributed by atoms with Gasteiger partial charge < -0.3 is 19.9 Å². The minimum absolute atomic E-state index is 0.0277. The zero-order chi connectivity index (χ0) is 30.0. The summed E-state index contributed by atoms with van der Waals surface area (Å²) in [6.07, 6.45) is -2.73. The molecule has 17 heteroatoms. The highest BCUT2D eigenvalue weighted by Gasteiger charge is 2.37. The molecule has 1 atom stereocenters. The quantitative estimate of drug-likeness (QED) is 0.238. The zero-order valence-electron chi connectivity index (χ0n) is 21.7. The third-order valence-electron chi connectivity index (χ3n) is 6.71. The van der Waals surface area contributed by atoms with Crippen LogP contribution in [0.5, 0.6) is 0 Å². The normalized spacial score (nSPS) is 14.4. The van der Waals surface area contributed by atoms with Crippen LogP contribution >= 0.6 is 0 Å². The summed E-state index contributed by atoms with van der Waals surface area (Å²) < 4.78 is 88.0. The smallest absolute Gasteiger partial charge is 0.378 e. The monoisotopic (exact) mass is 598 g/mol. The van der Waals surface area contributed by atoms with Crippen LogP contribution in [0.25, 0.3) is 22.2 Å². The lowest BCUT2D eigenvalue weighted by atomic mass is 10.1. The van der Waals surface area contributed by atoms with Gasteiger partial charge in [0.25, 0.3) is 11.1 Å². The van der Waals surface area contributed by atoms with Crippen molar-refractivity contribution in [2.24, 2.45) is 0 Å². The number of pyridine rings is 1. The van der Waals surface area contributed by atoms with Gasteiger partial charge in [-0.1, -0.05) is 0 Å². The second-order valence-electron chi connectivity index (χ2n) is 9.55. The van der Waals surface area contributed by atoms with Crippen LogP contribution < -0.4 is 21.8 Å². The Kier molecular flexibility index (Phi) is 8.31. The molecule has 0 spiro atoms. The van der Waals surface area contributed by atoms with Gasteiger partial charge in [-0.2, -0.15) is 32.1 Å². The van der Waals surface area contributed by atoms with E-state index < -0.39 is 53.6 Å². The molecule has 5 rings (SSSR count). The first-order chi connectivity index (χ1) is 20.0. The third kappa shape index (κ3) is 6.30. The van der Waals surface area contributed by atoms with Crippen molar-refractivity contribution in [1.29, 1.82) is 0 Å². The SMILES string of the molecule is O=c1[nH]ncc(N[C@H](CCCn2ccc3cc(-c4nc5n(n4)CCNC5)c(F)cc3c2=O)COC(F)F)c1C(F)(F)F. The third-order valence-corrected chi connectivity index (χ3v) is 6.71. The van der Waals surface area contributed by atoms with Gasteiger partial charge in [0, 0.05) is 25.3 Å². The van der Waals surface area contributed by atoms with E-state index in [-0.39, 0.29) is 36.2 Å². The van der Waals surface area contributed by atoms with Crippen molar-refractivity contribution in [3.8, 4) is 11.4 Å². The van der Waals surface area contributed by atoms with Crippen molar-refractivity contribution in [3.63, 3.8) is 0 Å². The van der Waals surface area contributed by atoms with Crippen LogP contribution in [-0.2, 0) is 30.5 Å². The van der Waals surface area contributed by atoms with Gasteiger partial charge in [-0.25, -0.2) is 19.2 Å². The number of anilines is 1. The van der Waals surface area contributed by atoms with Crippen molar-refractivity contribution in [3.05, 3.63) is 68.5 Å². The maximum Gasteiger partial charge on any atom is 0.423 e. The predicted molar refractivity (Wildman–Crippen MR) is 137 cm³/mol. The van der Waals surface area contributed by atoms with Crippen LogP contribution in [0.15, 0.2) is 40.2 Å². The van der Waals surface area contributed by atoms with E-state index in [0.29, 0.717) is 30.8 Å². The summed E-state index contributed by atoms with van der Waals surface area (Å²) in [6.45, 7) is -2.03. The van der Waals surface area contributed by atoms with Crippen LogP contribution in [0, 0.1) is 5.82 Å². The number of aryl methyl sites for hydroxylation is 1. The molecule has 42 heavy (non-hydrogen) atoms. The minimum atomic E-state index is -5.04. The topological polar surface area (TPSA) is 132 Å². The Bertz CT molecular complexity index is 1680. The molecule has 0 saturated heterocycles. The molecule has 224 valence electrons. The van der Waals surface area contributed by atoms with Crippen LogP contribution in [0.1, 0.15) is 24.2 Å². The maximum absolute atomic E-state index is 15.1. The summed E-state index contributed by atoms with van der Waals surface area (Å²) >= 11 is 0. The summed E-state index contributed by atoms with van der Waals surface area (Å²) in [5.74, 6) is 0.183. The average Bonchev–Trinajstić information content (AvgIpc) is 3.36. The second kappa shape index (κ2) is 11.9. The van der Waals surface area contributed by atoms with Crippen LogP contribution in [0.3, 0.4) is 0 Å². The number of aromatic nitrogens is 6. The van der Waals surface area contributed by atoms with E-state index >= 15 is 4.39 Å². The molecule has 4 heterocycles. The molecule has 1 aliphatic heterocycles. The Morgan fingerprint density at radius 1 is 1.19 bits per heavy atom. The summed E-state index contributed by atoms with van der Waals surface area (Å²) in [5.41, 5.74) is -4.14. The Labute approximate surface area is 232 Å². The highest BCUT2D eigenvalue weighted by molar-refractivity contribution is 5.86. The Morgan fingerprint density at radius 3 is 2.74 bits per heavy atom. The molecule has 3 aromatic heterocycles. The highest BCUT2D eigenvalue weighted by atomic mass is 19.4. The summed E-state index contributed by atoms with van der Waals surface area (Å²) in [6, 6.07) is 3.09. The first-order valence-electron chi connectivity index (χ1n) is 12.8.